The Hall–Kier alpha value is -4.72. The lowest BCUT2D eigenvalue weighted by atomic mass is 9.83. The summed E-state index contributed by atoms with van der Waals surface area (Å²) < 4.78 is 2.88. The first-order chi connectivity index (χ1) is 21.3. The summed E-state index contributed by atoms with van der Waals surface area (Å²) in [7, 11) is 0. The van der Waals surface area contributed by atoms with Gasteiger partial charge >= 0.3 is 0 Å². The van der Waals surface area contributed by atoms with E-state index in [2.05, 4.69) is 140 Å². The molecular weight excluding hydrogens is 537 g/mol. The highest BCUT2D eigenvalue weighted by molar-refractivity contribution is 7.18. The van der Waals surface area contributed by atoms with Crippen molar-refractivity contribution < 1.29 is 0 Å². The lowest BCUT2D eigenvalue weighted by Gasteiger charge is -2.21. The normalized spacial score (nSPS) is 16.5. The van der Waals surface area contributed by atoms with Gasteiger partial charge in [-0.25, -0.2) is 0 Å². The Labute approximate surface area is 255 Å². The monoisotopic (exact) mass is 566 g/mol. The summed E-state index contributed by atoms with van der Waals surface area (Å²) in [5.41, 5.74) is 7.02. The van der Waals surface area contributed by atoms with Crippen LogP contribution in [-0.4, -0.2) is 0 Å². The van der Waals surface area contributed by atoms with Crippen molar-refractivity contribution in [2.45, 2.75) is 25.2 Å². The van der Waals surface area contributed by atoms with Crippen LogP contribution in [-0.2, 0) is 0 Å². The summed E-state index contributed by atoms with van der Waals surface area (Å²) in [5, 5.41) is 10.8. The van der Waals surface area contributed by atoms with Gasteiger partial charge < -0.3 is 0 Å². The van der Waals surface area contributed by atoms with Gasteiger partial charge in [-0.1, -0.05) is 133 Å². The van der Waals surface area contributed by atoms with Crippen LogP contribution in [0.1, 0.15) is 41.9 Å². The Morgan fingerprint density at radius 1 is 0.605 bits per heavy atom. The minimum Gasteiger partial charge on any atom is -0.134 e. The van der Waals surface area contributed by atoms with Crippen LogP contribution in [0.3, 0.4) is 0 Å². The van der Waals surface area contributed by atoms with E-state index in [1.165, 1.54) is 80.0 Å². The third-order valence-corrected chi connectivity index (χ3v) is 10.8. The molecule has 1 heteroatoms. The van der Waals surface area contributed by atoms with Gasteiger partial charge in [0.25, 0.3) is 0 Å². The molecule has 0 nitrogen and oxygen atoms in total. The van der Waals surface area contributed by atoms with Gasteiger partial charge in [0.15, 0.2) is 0 Å². The molecule has 43 heavy (non-hydrogen) atoms. The Kier molecular flexibility index (Phi) is 5.74. The molecular formula is C42H30S. The van der Waals surface area contributed by atoms with E-state index in [0.717, 1.165) is 19.3 Å². The third-order valence-electron chi connectivity index (χ3n) is 9.50. The fraction of sp³-hybridized carbons (Fsp3) is 0.0952. The van der Waals surface area contributed by atoms with Gasteiger partial charge in [-0.05, 0) is 90.7 Å². The molecule has 0 spiro atoms. The first-order valence-electron chi connectivity index (χ1n) is 15.3. The molecule has 0 N–H and O–H groups in total. The maximum absolute atomic E-state index is 2.47. The molecule has 1 atom stereocenters. The van der Waals surface area contributed by atoms with Crippen LogP contribution in [0.5, 0.6) is 0 Å². The lowest BCUT2D eigenvalue weighted by molar-refractivity contribution is 0.866. The van der Waals surface area contributed by atoms with Crippen LogP contribution in [0.25, 0.3) is 59.6 Å². The van der Waals surface area contributed by atoms with Crippen molar-refractivity contribution in [2.24, 2.45) is 0 Å². The summed E-state index contributed by atoms with van der Waals surface area (Å²) in [6.45, 7) is 0. The molecule has 1 unspecified atom stereocenters. The molecule has 9 rings (SSSR count). The van der Waals surface area contributed by atoms with Gasteiger partial charge in [0.1, 0.15) is 0 Å². The van der Waals surface area contributed by atoms with Crippen LogP contribution >= 0.6 is 11.3 Å². The Morgan fingerprint density at radius 3 is 2.30 bits per heavy atom. The van der Waals surface area contributed by atoms with E-state index in [1.807, 2.05) is 11.3 Å². The maximum Gasteiger partial charge on any atom is 0.0433 e. The second kappa shape index (κ2) is 9.93. The Balaban J connectivity index is 1.08. The zero-order valence-electron chi connectivity index (χ0n) is 23.9. The van der Waals surface area contributed by atoms with E-state index < -0.39 is 0 Å². The van der Waals surface area contributed by atoms with E-state index in [9.17, 15) is 0 Å². The average molecular weight is 567 g/mol. The molecule has 6 aromatic carbocycles. The molecule has 1 heterocycles. The first kappa shape index (κ1) is 24.8. The van der Waals surface area contributed by atoms with Gasteiger partial charge in [-0.2, -0.15) is 0 Å². The zero-order valence-corrected chi connectivity index (χ0v) is 24.7. The van der Waals surface area contributed by atoms with Crippen molar-refractivity contribution >= 4 is 71.0 Å². The summed E-state index contributed by atoms with van der Waals surface area (Å²) in [5.74, 6) is 0.369. The Morgan fingerprint density at radius 2 is 1.37 bits per heavy atom. The van der Waals surface area contributed by atoms with Crippen molar-refractivity contribution in [3.05, 3.63) is 160 Å². The first-order valence-corrected chi connectivity index (χ1v) is 16.1. The zero-order chi connectivity index (χ0) is 28.3. The largest absolute Gasteiger partial charge is 0.134 e. The molecule has 0 saturated carbocycles. The molecule has 1 aromatic heterocycles. The fourth-order valence-electron chi connectivity index (χ4n) is 7.31. The molecule has 2 aliphatic rings. The molecule has 0 bridgehead atoms. The minimum absolute atomic E-state index is 0.369. The second-order valence-electron chi connectivity index (χ2n) is 12.0. The van der Waals surface area contributed by atoms with Crippen molar-refractivity contribution in [2.75, 3.05) is 0 Å². The number of hydrogen-bond acceptors (Lipinski definition) is 1. The predicted octanol–water partition coefficient (Wildman–Crippen LogP) is 10.3. The molecule has 0 fully saturated rings. The SMILES string of the molecule is C1=CC(c2cccc(C3=c4sc5c(ccc6ccccc65)c4=CCC3)c2)CC(c2ccc3c(ccc4ccccc43)c2)=C1. The molecule has 0 saturated heterocycles. The molecule has 0 amide bonds. The molecule has 7 aromatic rings. The summed E-state index contributed by atoms with van der Waals surface area (Å²) >= 11 is 1.98. The standard InChI is InChI=1S/C42H30S/c1-3-14-35-27(8-1)18-19-34-26-32(21-22-36(34)35)30-11-5-10-29(24-30)31-12-6-13-33(25-31)38-16-7-17-39-40-23-20-28-9-2-4-15-37(28)41(40)43-42(38)39/h1-6,8-15,17-23,25-26,29H,7,16,24H2. The van der Waals surface area contributed by atoms with Crippen LogP contribution < -0.4 is 9.75 Å². The Bertz CT molecular complexity index is 2430. The van der Waals surface area contributed by atoms with E-state index in [4.69, 9.17) is 0 Å². The molecule has 2 aliphatic carbocycles. The van der Waals surface area contributed by atoms with Gasteiger partial charge in [0.2, 0.25) is 0 Å². The summed E-state index contributed by atoms with van der Waals surface area (Å²) in [6, 6.07) is 43.0. The number of allylic oxidation sites excluding steroid dienone is 4. The van der Waals surface area contributed by atoms with Gasteiger partial charge in [0, 0.05) is 20.5 Å². The van der Waals surface area contributed by atoms with Crippen molar-refractivity contribution in [3.8, 4) is 0 Å². The van der Waals surface area contributed by atoms with Crippen LogP contribution in [0.2, 0.25) is 0 Å². The highest BCUT2D eigenvalue weighted by Crippen LogP contribution is 2.37. The van der Waals surface area contributed by atoms with E-state index in [0.29, 0.717) is 5.92 Å². The predicted molar refractivity (Wildman–Crippen MR) is 187 cm³/mol. The highest BCUT2D eigenvalue weighted by Gasteiger charge is 2.18. The number of benzene rings is 6. The fourth-order valence-corrected chi connectivity index (χ4v) is 8.75. The van der Waals surface area contributed by atoms with Crippen LogP contribution in [0.15, 0.2) is 133 Å². The molecule has 0 aliphatic heterocycles. The minimum atomic E-state index is 0.369. The van der Waals surface area contributed by atoms with Gasteiger partial charge in [-0.3, -0.25) is 0 Å². The second-order valence-corrected chi connectivity index (χ2v) is 13.0. The topological polar surface area (TPSA) is 0 Å². The quantitative estimate of drug-likeness (QED) is 0.187. The maximum atomic E-state index is 2.47. The van der Waals surface area contributed by atoms with Gasteiger partial charge in [-0.15, -0.1) is 11.3 Å². The molecule has 0 radical (unpaired) electrons. The van der Waals surface area contributed by atoms with E-state index in [-0.39, 0.29) is 0 Å². The van der Waals surface area contributed by atoms with Crippen molar-refractivity contribution in [3.63, 3.8) is 0 Å². The highest BCUT2D eigenvalue weighted by atomic mass is 32.1. The van der Waals surface area contributed by atoms with Crippen molar-refractivity contribution in [1.29, 1.82) is 0 Å². The average Bonchev–Trinajstić information content (AvgIpc) is 3.48. The molecule has 204 valence electrons. The number of fused-ring (bicyclic) bond motifs is 8. The van der Waals surface area contributed by atoms with Crippen LogP contribution in [0, 0.1) is 0 Å². The van der Waals surface area contributed by atoms with Crippen LogP contribution in [0.4, 0.5) is 0 Å². The van der Waals surface area contributed by atoms with Gasteiger partial charge in [0.05, 0.1) is 0 Å². The smallest absolute Gasteiger partial charge is 0.0433 e. The number of thiophene rings is 1. The third kappa shape index (κ3) is 4.11. The number of hydrogen-bond donors (Lipinski definition) is 0. The lowest BCUT2D eigenvalue weighted by Crippen LogP contribution is -2.25. The van der Waals surface area contributed by atoms with E-state index in [1.54, 1.807) is 0 Å². The summed E-state index contributed by atoms with van der Waals surface area (Å²) in [6.07, 6.45) is 12.6. The summed E-state index contributed by atoms with van der Waals surface area (Å²) in [4.78, 5) is 0. The number of rotatable bonds is 3. The van der Waals surface area contributed by atoms with Crippen molar-refractivity contribution in [1.82, 2.24) is 0 Å². The van der Waals surface area contributed by atoms with E-state index >= 15 is 0 Å².